The molecule has 1 saturated heterocycles. The van der Waals surface area contributed by atoms with Crippen LogP contribution in [0.3, 0.4) is 0 Å². The quantitative estimate of drug-likeness (QED) is 0.779. The Hall–Kier alpha value is -1.93. The number of hydrogen-bond acceptors (Lipinski definition) is 5. The second-order valence-corrected chi connectivity index (χ2v) is 6.81. The minimum atomic E-state index is -0.650. The SMILES string of the molecule is CCCn1cnc2c1c(=O)n(CCC(C)C1(C)OCCO1)c(=O)n2C. The molecular weight excluding hydrogens is 324 g/mol. The van der Waals surface area contributed by atoms with Crippen molar-refractivity contribution in [1.82, 2.24) is 18.7 Å². The molecule has 138 valence electrons. The molecule has 8 nitrogen and oxygen atoms in total. The van der Waals surface area contributed by atoms with E-state index in [0.29, 0.717) is 43.9 Å². The van der Waals surface area contributed by atoms with Gasteiger partial charge in [-0.2, -0.15) is 0 Å². The molecule has 1 aliphatic rings. The van der Waals surface area contributed by atoms with Crippen LogP contribution in [-0.2, 0) is 29.6 Å². The van der Waals surface area contributed by atoms with E-state index in [-0.39, 0.29) is 17.2 Å². The molecule has 0 spiro atoms. The van der Waals surface area contributed by atoms with Crippen molar-refractivity contribution in [3.63, 3.8) is 0 Å². The van der Waals surface area contributed by atoms with Crippen molar-refractivity contribution in [2.45, 2.75) is 52.5 Å². The van der Waals surface area contributed by atoms with Gasteiger partial charge in [0, 0.05) is 26.1 Å². The van der Waals surface area contributed by atoms with Crippen LogP contribution in [0.5, 0.6) is 0 Å². The van der Waals surface area contributed by atoms with Crippen LogP contribution in [0.25, 0.3) is 11.2 Å². The topological polar surface area (TPSA) is 80.3 Å². The summed E-state index contributed by atoms with van der Waals surface area (Å²) in [7, 11) is 1.65. The zero-order valence-corrected chi connectivity index (χ0v) is 15.3. The summed E-state index contributed by atoms with van der Waals surface area (Å²) >= 11 is 0. The van der Waals surface area contributed by atoms with Crippen LogP contribution < -0.4 is 11.2 Å². The van der Waals surface area contributed by atoms with Crippen LogP contribution in [-0.4, -0.2) is 37.7 Å². The van der Waals surface area contributed by atoms with E-state index in [4.69, 9.17) is 9.47 Å². The summed E-state index contributed by atoms with van der Waals surface area (Å²) in [6, 6.07) is 0. The van der Waals surface area contributed by atoms with Gasteiger partial charge in [-0.05, 0) is 19.8 Å². The van der Waals surface area contributed by atoms with Gasteiger partial charge in [0.05, 0.1) is 19.5 Å². The summed E-state index contributed by atoms with van der Waals surface area (Å²) in [6.45, 7) is 8.12. The van der Waals surface area contributed by atoms with Gasteiger partial charge in [-0.15, -0.1) is 0 Å². The molecule has 2 aromatic rings. The van der Waals surface area contributed by atoms with Gasteiger partial charge in [0.25, 0.3) is 5.56 Å². The van der Waals surface area contributed by atoms with Crippen molar-refractivity contribution in [3.05, 3.63) is 27.2 Å². The van der Waals surface area contributed by atoms with Gasteiger partial charge in [-0.25, -0.2) is 9.78 Å². The number of aryl methyl sites for hydroxylation is 2. The van der Waals surface area contributed by atoms with Crippen molar-refractivity contribution in [1.29, 1.82) is 0 Å². The molecule has 0 aromatic carbocycles. The number of aromatic nitrogens is 4. The lowest BCUT2D eigenvalue weighted by molar-refractivity contribution is -0.179. The van der Waals surface area contributed by atoms with Crippen molar-refractivity contribution in [2.75, 3.05) is 13.2 Å². The van der Waals surface area contributed by atoms with Gasteiger partial charge in [0.2, 0.25) is 0 Å². The Morgan fingerprint density at radius 3 is 2.60 bits per heavy atom. The molecule has 1 atom stereocenters. The van der Waals surface area contributed by atoms with Crippen molar-refractivity contribution >= 4 is 11.2 Å². The summed E-state index contributed by atoms with van der Waals surface area (Å²) < 4.78 is 15.9. The Kier molecular flexibility index (Phi) is 4.83. The Morgan fingerprint density at radius 2 is 1.96 bits per heavy atom. The van der Waals surface area contributed by atoms with Gasteiger partial charge in [-0.3, -0.25) is 13.9 Å². The first kappa shape index (κ1) is 17.9. The van der Waals surface area contributed by atoms with E-state index >= 15 is 0 Å². The minimum absolute atomic E-state index is 0.0582. The molecule has 0 amide bonds. The second kappa shape index (κ2) is 6.76. The van der Waals surface area contributed by atoms with E-state index < -0.39 is 5.79 Å². The van der Waals surface area contributed by atoms with Crippen LogP contribution >= 0.6 is 0 Å². The Morgan fingerprint density at radius 1 is 1.28 bits per heavy atom. The highest BCUT2D eigenvalue weighted by Gasteiger charge is 2.36. The number of rotatable bonds is 6. The standard InChI is InChI=1S/C17H26N4O4/c1-5-7-20-11-18-14-13(20)15(22)21(16(23)19(14)4)8-6-12(2)17(3)24-9-10-25-17/h11-12H,5-10H2,1-4H3. The van der Waals surface area contributed by atoms with Gasteiger partial charge in [0.1, 0.15) is 0 Å². The number of hydrogen-bond donors (Lipinski definition) is 0. The smallest absolute Gasteiger partial charge is 0.332 e. The predicted octanol–water partition coefficient (Wildman–Crippen LogP) is 1.10. The normalized spacial score (nSPS) is 18.1. The van der Waals surface area contributed by atoms with Crippen LogP contribution in [0, 0.1) is 5.92 Å². The number of nitrogens with zero attached hydrogens (tertiary/aromatic N) is 4. The molecule has 0 aliphatic carbocycles. The van der Waals surface area contributed by atoms with E-state index in [1.54, 1.807) is 13.4 Å². The van der Waals surface area contributed by atoms with Crippen molar-refractivity contribution in [3.8, 4) is 0 Å². The maximum absolute atomic E-state index is 12.9. The summed E-state index contributed by atoms with van der Waals surface area (Å²) in [6.07, 6.45) is 3.13. The van der Waals surface area contributed by atoms with Crippen LogP contribution in [0.15, 0.2) is 15.9 Å². The lowest BCUT2D eigenvalue weighted by atomic mass is 9.98. The molecule has 2 aromatic heterocycles. The first-order valence-electron chi connectivity index (χ1n) is 8.81. The van der Waals surface area contributed by atoms with Gasteiger partial charge in [0.15, 0.2) is 17.0 Å². The molecule has 0 bridgehead atoms. The molecule has 3 heterocycles. The molecule has 1 fully saturated rings. The van der Waals surface area contributed by atoms with Crippen LogP contribution in [0.4, 0.5) is 0 Å². The zero-order chi connectivity index (χ0) is 18.2. The van der Waals surface area contributed by atoms with E-state index in [1.165, 1.54) is 9.13 Å². The van der Waals surface area contributed by atoms with Gasteiger partial charge >= 0.3 is 5.69 Å². The molecule has 25 heavy (non-hydrogen) atoms. The predicted molar refractivity (Wildman–Crippen MR) is 93.6 cm³/mol. The first-order chi connectivity index (χ1) is 11.9. The zero-order valence-electron chi connectivity index (χ0n) is 15.3. The Balaban J connectivity index is 1.94. The van der Waals surface area contributed by atoms with E-state index in [9.17, 15) is 9.59 Å². The monoisotopic (exact) mass is 350 g/mol. The minimum Gasteiger partial charge on any atom is -0.348 e. The van der Waals surface area contributed by atoms with Crippen molar-refractivity contribution < 1.29 is 9.47 Å². The molecule has 8 heteroatoms. The molecule has 0 N–H and O–H groups in total. The van der Waals surface area contributed by atoms with Crippen LogP contribution in [0.1, 0.15) is 33.6 Å². The summed E-state index contributed by atoms with van der Waals surface area (Å²) in [5.41, 5.74) is 0.290. The lowest BCUT2D eigenvalue weighted by Crippen LogP contribution is -2.41. The average Bonchev–Trinajstić information content (AvgIpc) is 3.20. The maximum atomic E-state index is 12.9. The van der Waals surface area contributed by atoms with E-state index in [0.717, 1.165) is 6.42 Å². The van der Waals surface area contributed by atoms with Gasteiger partial charge < -0.3 is 14.0 Å². The second-order valence-electron chi connectivity index (χ2n) is 6.81. The molecule has 0 saturated carbocycles. The maximum Gasteiger partial charge on any atom is 0.332 e. The Bertz CT molecular complexity index is 873. The molecular formula is C17H26N4O4. The fourth-order valence-corrected chi connectivity index (χ4v) is 3.33. The van der Waals surface area contributed by atoms with Crippen LogP contribution in [0.2, 0.25) is 0 Å². The number of imidazole rings is 1. The summed E-state index contributed by atoms with van der Waals surface area (Å²) in [4.78, 5) is 29.7. The van der Waals surface area contributed by atoms with Gasteiger partial charge in [-0.1, -0.05) is 13.8 Å². The third-order valence-corrected chi connectivity index (χ3v) is 5.11. The molecule has 1 unspecified atom stereocenters. The molecule has 3 rings (SSSR count). The highest BCUT2D eigenvalue weighted by Crippen LogP contribution is 2.29. The number of fused-ring (bicyclic) bond motifs is 1. The third kappa shape index (κ3) is 3.04. The Labute approximate surface area is 146 Å². The lowest BCUT2D eigenvalue weighted by Gasteiger charge is -2.29. The third-order valence-electron chi connectivity index (χ3n) is 5.11. The fraction of sp³-hybridized carbons (Fsp3) is 0.706. The molecule has 1 aliphatic heterocycles. The van der Waals surface area contributed by atoms with Crippen molar-refractivity contribution in [2.24, 2.45) is 13.0 Å². The summed E-state index contributed by atoms with van der Waals surface area (Å²) in [5.74, 6) is -0.592. The highest BCUT2D eigenvalue weighted by atomic mass is 16.7. The van der Waals surface area contributed by atoms with E-state index in [1.807, 2.05) is 25.3 Å². The average molecular weight is 350 g/mol. The molecule has 0 radical (unpaired) electrons. The summed E-state index contributed by atoms with van der Waals surface area (Å²) in [5, 5.41) is 0. The largest absolute Gasteiger partial charge is 0.348 e. The van der Waals surface area contributed by atoms with E-state index in [2.05, 4.69) is 4.98 Å². The fourth-order valence-electron chi connectivity index (χ4n) is 3.33. The first-order valence-corrected chi connectivity index (χ1v) is 8.81. The highest BCUT2D eigenvalue weighted by molar-refractivity contribution is 5.69. The number of ether oxygens (including phenoxy) is 2.